The van der Waals surface area contributed by atoms with Gasteiger partial charge in [0.15, 0.2) is 0 Å². The van der Waals surface area contributed by atoms with Crippen LogP contribution in [0.2, 0.25) is 0 Å². The Balaban J connectivity index is 1.58. The van der Waals surface area contributed by atoms with E-state index in [9.17, 15) is 4.79 Å². The molecule has 2 aromatic heterocycles. The summed E-state index contributed by atoms with van der Waals surface area (Å²) in [6.45, 7) is 0. The molecule has 1 amide bonds. The van der Waals surface area contributed by atoms with E-state index in [-0.39, 0.29) is 5.91 Å². The van der Waals surface area contributed by atoms with Gasteiger partial charge in [-0.2, -0.15) is 5.21 Å². The largest absolute Gasteiger partial charge is 0.322 e. The quantitative estimate of drug-likeness (QED) is 0.589. The molecule has 4 aromatic rings. The van der Waals surface area contributed by atoms with Gasteiger partial charge in [0.25, 0.3) is 5.91 Å². The first kappa shape index (κ1) is 15.6. The van der Waals surface area contributed by atoms with Crippen molar-refractivity contribution in [2.24, 2.45) is 0 Å². The lowest BCUT2D eigenvalue weighted by Crippen LogP contribution is -2.14. The van der Waals surface area contributed by atoms with Gasteiger partial charge in [-0.25, -0.2) is 9.97 Å². The van der Waals surface area contributed by atoms with Crippen molar-refractivity contribution < 1.29 is 4.79 Å². The highest BCUT2D eigenvalue weighted by atomic mass is 16.1. The van der Waals surface area contributed by atoms with Gasteiger partial charge in [0.2, 0.25) is 5.82 Å². The Hall–Kier alpha value is -3.94. The van der Waals surface area contributed by atoms with Crippen LogP contribution in [0.3, 0.4) is 0 Å². The van der Waals surface area contributed by atoms with E-state index in [1.54, 1.807) is 24.3 Å². The maximum absolute atomic E-state index is 12.7. The number of carbonyl (C=O) groups excluding carboxylic acids is 1. The summed E-state index contributed by atoms with van der Waals surface area (Å²) < 4.78 is 0. The van der Waals surface area contributed by atoms with Gasteiger partial charge in [0, 0.05) is 23.0 Å². The summed E-state index contributed by atoms with van der Waals surface area (Å²) in [5.41, 5.74) is 3.28. The molecular formula is C18H13N7O. The van der Waals surface area contributed by atoms with Crippen LogP contribution in [-0.2, 0) is 0 Å². The van der Waals surface area contributed by atoms with Gasteiger partial charge in [0.05, 0.1) is 11.3 Å². The van der Waals surface area contributed by atoms with Crippen molar-refractivity contribution in [2.75, 3.05) is 5.32 Å². The molecular weight excluding hydrogens is 330 g/mol. The molecule has 0 unspecified atom stereocenters. The second-order valence-electron chi connectivity index (χ2n) is 5.42. The van der Waals surface area contributed by atoms with Gasteiger partial charge < -0.3 is 5.32 Å². The number of anilines is 1. The van der Waals surface area contributed by atoms with Crippen molar-refractivity contribution in [2.45, 2.75) is 0 Å². The number of aromatic amines is 1. The third-order valence-corrected chi connectivity index (χ3v) is 3.75. The maximum atomic E-state index is 12.7. The molecule has 2 N–H and O–H groups in total. The lowest BCUT2D eigenvalue weighted by Gasteiger charge is -2.09. The van der Waals surface area contributed by atoms with Crippen LogP contribution in [0.1, 0.15) is 10.4 Å². The fraction of sp³-hybridized carbons (Fsp3) is 0. The van der Waals surface area contributed by atoms with Crippen LogP contribution in [0.25, 0.3) is 22.6 Å². The number of H-pyrrole nitrogens is 1. The van der Waals surface area contributed by atoms with Crippen LogP contribution in [-0.4, -0.2) is 36.5 Å². The Labute approximate surface area is 148 Å². The molecule has 8 heteroatoms. The van der Waals surface area contributed by atoms with Crippen LogP contribution in [0.15, 0.2) is 67.1 Å². The number of hydrogen-bond acceptors (Lipinski definition) is 6. The molecule has 8 nitrogen and oxygen atoms in total. The molecule has 2 heterocycles. The molecule has 0 aliphatic heterocycles. The molecule has 0 fully saturated rings. The third kappa shape index (κ3) is 3.16. The van der Waals surface area contributed by atoms with E-state index in [2.05, 4.69) is 35.9 Å². The van der Waals surface area contributed by atoms with Gasteiger partial charge in [-0.1, -0.05) is 30.3 Å². The number of rotatable bonds is 4. The molecule has 2 aromatic carbocycles. The summed E-state index contributed by atoms with van der Waals surface area (Å²) in [4.78, 5) is 20.9. The molecule has 0 radical (unpaired) electrons. The van der Waals surface area contributed by atoms with E-state index in [1.165, 1.54) is 12.5 Å². The number of carbonyl (C=O) groups is 1. The molecule has 126 valence electrons. The van der Waals surface area contributed by atoms with E-state index in [1.807, 2.05) is 30.3 Å². The minimum Gasteiger partial charge on any atom is -0.322 e. The van der Waals surface area contributed by atoms with Crippen LogP contribution in [0, 0.1) is 0 Å². The highest BCUT2D eigenvalue weighted by Gasteiger charge is 2.14. The second kappa shape index (κ2) is 6.89. The van der Waals surface area contributed by atoms with Gasteiger partial charge >= 0.3 is 0 Å². The Kier molecular flexibility index (Phi) is 4.13. The average Bonchev–Trinajstić information content (AvgIpc) is 3.24. The van der Waals surface area contributed by atoms with Crippen LogP contribution in [0.5, 0.6) is 0 Å². The average molecular weight is 343 g/mol. The fourth-order valence-electron chi connectivity index (χ4n) is 2.51. The normalized spacial score (nSPS) is 10.5. The monoisotopic (exact) mass is 343 g/mol. The smallest absolute Gasteiger partial charge is 0.259 e. The molecule has 0 saturated carbocycles. The number of benzene rings is 2. The molecule has 0 aliphatic carbocycles. The van der Waals surface area contributed by atoms with Crippen LogP contribution >= 0.6 is 0 Å². The van der Waals surface area contributed by atoms with Crippen molar-refractivity contribution >= 4 is 11.6 Å². The molecule has 26 heavy (non-hydrogen) atoms. The second-order valence-corrected chi connectivity index (χ2v) is 5.42. The van der Waals surface area contributed by atoms with E-state index in [0.29, 0.717) is 22.8 Å². The number of tetrazole rings is 1. The third-order valence-electron chi connectivity index (χ3n) is 3.75. The van der Waals surface area contributed by atoms with Gasteiger partial charge in [-0.15, -0.1) is 10.2 Å². The van der Waals surface area contributed by atoms with Crippen molar-refractivity contribution in [1.82, 2.24) is 30.6 Å². The van der Waals surface area contributed by atoms with E-state index in [0.717, 1.165) is 11.1 Å². The first-order valence-corrected chi connectivity index (χ1v) is 7.82. The maximum Gasteiger partial charge on any atom is 0.259 e. The zero-order valence-corrected chi connectivity index (χ0v) is 13.5. The number of aromatic nitrogens is 6. The van der Waals surface area contributed by atoms with Crippen LogP contribution in [0.4, 0.5) is 5.69 Å². The van der Waals surface area contributed by atoms with Gasteiger partial charge in [0.1, 0.15) is 6.33 Å². The molecule has 0 bridgehead atoms. The number of nitrogens with zero attached hydrogens (tertiary/aromatic N) is 5. The Morgan fingerprint density at radius 1 is 0.962 bits per heavy atom. The summed E-state index contributed by atoms with van der Waals surface area (Å²) in [5, 5.41) is 16.6. The van der Waals surface area contributed by atoms with Crippen LogP contribution < -0.4 is 5.32 Å². The topological polar surface area (TPSA) is 109 Å². The number of nitrogens with one attached hydrogen (secondary N) is 2. The lowest BCUT2D eigenvalue weighted by molar-refractivity contribution is 0.102. The number of amides is 1. The first-order valence-electron chi connectivity index (χ1n) is 7.82. The molecule has 0 aliphatic rings. The minimum atomic E-state index is -0.281. The minimum absolute atomic E-state index is 0.281. The SMILES string of the molecule is O=C(Nc1ccc(-c2nn[nH]n2)cc1)c1cncnc1-c1ccccc1. The molecule has 0 atom stereocenters. The van der Waals surface area contributed by atoms with E-state index >= 15 is 0 Å². The van der Waals surface area contributed by atoms with Crippen molar-refractivity contribution in [1.29, 1.82) is 0 Å². The first-order chi connectivity index (χ1) is 12.8. The molecule has 0 saturated heterocycles. The number of hydrogen-bond donors (Lipinski definition) is 2. The van der Waals surface area contributed by atoms with Crippen molar-refractivity contribution in [3.05, 3.63) is 72.7 Å². The zero-order valence-electron chi connectivity index (χ0n) is 13.5. The Morgan fingerprint density at radius 2 is 1.77 bits per heavy atom. The lowest BCUT2D eigenvalue weighted by atomic mass is 10.1. The zero-order chi connectivity index (χ0) is 17.8. The highest BCUT2D eigenvalue weighted by molar-refractivity contribution is 6.07. The predicted octanol–water partition coefficient (Wildman–Crippen LogP) is 2.58. The summed E-state index contributed by atoms with van der Waals surface area (Å²) in [7, 11) is 0. The van der Waals surface area contributed by atoms with Gasteiger partial charge in [-0.3, -0.25) is 4.79 Å². The molecule has 4 rings (SSSR count). The summed E-state index contributed by atoms with van der Waals surface area (Å²) >= 11 is 0. The highest BCUT2D eigenvalue weighted by Crippen LogP contribution is 2.22. The fourth-order valence-corrected chi connectivity index (χ4v) is 2.51. The van der Waals surface area contributed by atoms with E-state index < -0.39 is 0 Å². The Morgan fingerprint density at radius 3 is 2.50 bits per heavy atom. The van der Waals surface area contributed by atoms with Crippen molar-refractivity contribution in [3.63, 3.8) is 0 Å². The Bertz CT molecular complexity index is 1020. The summed E-state index contributed by atoms with van der Waals surface area (Å²) in [5.74, 6) is 0.211. The molecule has 0 spiro atoms. The predicted molar refractivity (Wildman–Crippen MR) is 95.0 cm³/mol. The summed E-state index contributed by atoms with van der Waals surface area (Å²) in [6, 6.07) is 16.7. The van der Waals surface area contributed by atoms with Gasteiger partial charge in [-0.05, 0) is 29.5 Å². The van der Waals surface area contributed by atoms with E-state index in [4.69, 9.17) is 0 Å². The summed E-state index contributed by atoms with van der Waals surface area (Å²) in [6.07, 6.45) is 2.94. The van der Waals surface area contributed by atoms with Crippen molar-refractivity contribution in [3.8, 4) is 22.6 Å². The standard InChI is InChI=1S/C18H13N7O/c26-18(15-10-19-11-20-16(15)12-4-2-1-3-5-12)21-14-8-6-13(7-9-14)17-22-24-25-23-17/h1-11H,(H,21,26)(H,22,23,24,25).